The summed E-state index contributed by atoms with van der Waals surface area (Å²) in [7, 11) is -0.980. The Bertz CT molecular complexity index is 885. The molecule has 0 aliphatic carbocycles. The Kier molecular flexibility index (Phi) is 5.41. The Morgan fingerprint density at radius 1 is 1.32 bits per heavy atom. The highest BCUT2D eigenvalue weighted by atomic mass is 32.2. The number of rotatable bonds is 6. The molecule has 1 aromatic heterocycles. The fraction of sp³-hybridized carbons (Fsp3) is 0.529. The predicted octanol–water partition coefficient (Wildman–Crippen LogP) is 2.76. The molecular formula is C17H23N3O3S2. The highest BCUT2D eigenvalue weighted by Gasteiger charge is 2.32. The largest absolute Gasteiger partial charge is 0.414 e. The third-order valence-electron chi connectivity index (χ3n) is 4.46. The average Bonchev–Trinajstić information content (AvgIpc) is 3.11. The Morgan fingerprint density at radius 3 is 2.60 bits per heavy atom. The van der Waals surface area contributed by atoms with Crippen LogP contribution in [0.15, 0.2) is 28.7 Å². The molecule has 1 aliphatic heterocycles. The van der Waals surface area contributed by atoms with Gasteiger partial charge in [-0.1, -0.05) is 31.2 Å². The predicted molar refractivity (Wildman–Crippen MR) is 98.6 cm³/mol. The molecule has 0 radical (unpaired) electrons. The molecule has 1 aromatic carbocycles. The molecule has 1 fully saturated rings. The summed E-state index contributed by atoms with van der Waals surface area (Å²) in [6.45, 7) is 3.41. The van der Waals surface area contributed by atoms with Crippen LogP contribution in [0.25, 0.3) is 0 Å². The molecule has 0 N–H and O–H groups in total. The summed E-state index contributed by atoms with van der Waals surface area (Å²) in [6, 6.07) is 8.55. The van der Waals surface area contributed by atoms with Gasteiger partial charge in [0.1, 0.15) is 0 Å². The summed E-state index contributed by atoms with van der Waals surface area (Å²) in [4.78, 5) is 2.38. The SMILES string of the molecule is CCc1ccc(CN(C)Cn2nc([C@H]3CCS(=O)(=O)C3)oc2=S)cc1. The van der Waals surface area contributed by atoms with Gasteiger partial charge in [0.25, 0.3) is 4.84 Å². The van der Waals surface area contributed by atoms with Crippen molar-refractivity contribution < 1.29 is 12.8 Å². The van der Waals surface area contributed by atoms with Gasteiger partial charge in [-0.15, -0.1) is 5.10 Å². The minimum absolute atomic E-state index is 0.0991. The summed E-state index contributed by atoms with van der Waals surface area (Å²) < 4.78 is 30.4. The number of benzene rings is 1. The summed E-state index contributed by atoms with van der Waals surface area (Å²) in [5.41, 5.74) is 2.54. The van der Waals surface area contributed by atoms with Crippen molar-refractivity contribution in [1.29, 1.82) is 0 Å². The van der Waals surface area contributed by atoms with E-state index in [-0.39, 0.29) is 22.3 Å². The maximum absolute atomic E-state index is 11.6. The maximum Gasteiger partial charge on any atom is 0.288 e. The molecule has 0 bridgehead atoms. The molecule has 25 heavy (non-hydrogen) atoms. The quantitative estimate of drug-likeness (QED) is 0.717. The van der Waals surface area contributed by atoms with Gasteiger partial charge in [-0.25, -0.2) is 13.1 Å². The summed E-state index contributed by atoms with van der Waals surface area (Å²) in [6.07, 6.45) is 1.58. The zero-order valence-electron chi connectivity index (χ0n) is 14.5. The summed E-state index contributed by atoms with van der Waals surface area (Å²) >= 11 is 5.24. The van der Waals surface area contributed by atoms with Gasteiger partial charge in [0, 0.05) is 6.54 Å². The van der Waals surface area contributed by atoms with Crippen molar-refractivity contribution in [3.8, 4) is 0 Å². The number of sulfone groups is 1. The van der Waals surface area contributed by atoms with Crippen LogP contribution in [-0.2, 0) is 29.5 Å². The van der Waals surface area contributed by atoms with Gasteiger partial charge < -0.3 is 4.42 Å². The van der Waals surface area contributed by atoms with Gasteiger partial charge in [-0.05, 0) is 43.2 Å². The number of hydrogen-bond donors (Lipinski definition) is 0. The molecule has 0 unspecified atom stereocenters. The van der Waals surface area contributed by atoms with Crippen LogP contribution >= 0.6 is 12.2 Å². The molecule has 1 atom stereocenters. The third kappa shape index (κ3) is 4.56. The molecule has 0 spiro atoms. The first-order valence-electron chi connectivity index (χ1n) is 8.41. The van der Waals surface area contributed by atoms with Gasteiger partial charge in [-0.2, -0.15) is 0 Å². The first-order valence-corrected chi connectivity index (χ1v) is 10.6. The Labute approximate surface area is 153 Å². The van der Waals surface area contributed by atoms with Crippen LogP contribution in [0.4, 0.5) is 0 Å². The van der Waals surface area contributed by atoms with E-state index >= 15 is 0 Å². The van der Waals surface area contributed by atoms with Crippen molar-refractivity contribution in [2.75, 3.05) is 18.6 Å². The minimum Gasteiger partial charge on any atom is -0.414 e. The zero-order valence-corrected chi connectivity index (χ0v) is 16.1. The number of aromatic nitrogens is 2. The molecule has 1 aliphatic rings. The van der Waals surface area contributed by atoms with E-state index in [9.17, 15) is 8.42 Å². The van der Waals surface area contributed by atoms with Crippen LogP contribution < -0.4 is 0 Å². The van der Waals surface area contributed by atoms with Crippen molar-refractivity contribution in [2.45, 2.75) is 38.9 Å². The molecular weight excluding hydrogens is 358 g/mol. The van der Waals surface area contributed by atoms with Crippen LogP contribution in [0, 0.1) is 4.84 Å². The van der Waals surface area contributed by atoms with Crippen molar-refractivity contribution in [2.24, 2.45) is 0 Å². The van der Waals surface area contributed by atoms with Crippen LogP contribution in [0.3, 0.4) is 0 Å². The van der Waals surface area contributed by atoms with Crippen LogP contribution in [0.1, 0.15) is 36.3 Å². The average molecular weight is 382 g/mol. The molecule has 2 aromatic rings. The minimum atomic E-state index is -2.97. The monoisotopic (exact) mass is 381 g/mol. The van der Waals surface area contributed by atoms with E-state index in [0.29, 0.717) is 19.0 Å². The second-order valence-corrected chi connectivity index (χ2v) is 9.21. The lowest BCUT2D eigenvalue weighted by Gasteiger charge is -2.16. The van der Waals surface area contributed by atoms with E-state index in [1.807, 2.05) is 7.05 Å². The van der Waals surface area contributed by atoms with Gasteiger partial charge >= 0.3 is 0 Å². The van der Waals surface area contributed by atoms with E-state index in [1.54, 1.807) is 4.68 Å². The number of aryl methyl sites for hydroxylation is 1. The second-order valence-electron chi connectivity index (χ2n) is 6.63. The second kappa shape index (κ2) is 7.39. The van der Waals surface area contributed by atoms with Crippen LogP contribution in [-0.4, -0.2) is 41.7 Å². The Hall–Kier alpha value is -1.51. The highest BCUT2D eigenvalue weighted by Crippen LogP contribution is 2.27. The lowest BCUT2D eigenvalue weighted by Crippen LogP contribution is -2.22. The molecule has 3 rings (SSSR count). The van der Waals surface area contributed by atoms with E-state index in [0.717, 1.165) is 13.0 Å². The number of hydrogen-bond acceptors (Lipinski definition) is 6. The van der Waals surface area contributed by atoms with Crippen LogP contribution in [0.2, 0.25) is 0 Å². The number of nitrogens with zero attached hydrogens (tertiary/aromatic N) is 3. The molecule has 136 valence electrons. The van der Waals surface area contributed by atoms with Gasteiger partial charge in [0.2, 0.25) is 5.89 Å². The lowest BCUT2D eigenvalue weighted by atomic mass is 10.1. The van der Waals surface area contributed by atoms with Gasteiger partial charge in [0.05, 0.1) is 24.1 Å². The van der Waals surface area contributed by atoms with Crippen molar-refractivity contribution in [1.82, 2.24) is 14.7 Å². The maximum atomic E-state index is 11.6. The summed E-state index contributed by atoms with van der Waals surface area (Å²) in [5.74, 6) is 0.550. The molecule has 2 heterocycles. The van der Waals surface area contributed by atoms with Crippen molar-refractivity contribution in [3.05, 3.63) is 46.1 Å². The third-order valence-corrected chi connectivity index (χ3v) is 6.52. The topological polar surface area (TPSA) is 68.3 Å². The molecule has 8 heteroatoms. The van der Waals surface area contributed by atoms with Crippen LogP contribution in [0.5, 0.6) is 0 Å². The zero-order chi connectivity index (χ0) is 18.0. The summed E-state index contributed by atoms with van der Waals surface area (Å²) in [5, 5.41) is 4.41. The first kappa shape index (κ1) is 18.3. The molecule has 1 saturated heterocycles. The Morgan fingerprint density at radius 2 is 2.00 bits per heavy atom. The normalized spacial score (nSPS) is 19.6. The fourth-order valence-electron chi connectivity index (χ4n) is 3.04. The van der Waals surface area contributed by atoms with E-state index in [4.69, 9.17) is 16.6 Å². The van der Waals surface area contributed by atoms with E-state index in [2.05, 4.69) is 41.2 Å². The molecule has 6 nitrogen and oxygen atoms in total. The van der Waals surface area contributed by atoms with E-state index < -0.39 is 9.84 Å². The van der Waals surface area contributed by atoms with Gasteiger partial charge in [-0.3, -0.25) is 4.90 Å². The highest BCUT2D eigenvalue weighted by molar-refractivity contribution is 7.91. The Balaban J connectivity index is 1.65. The first-order chi connectivity index (χ1) is 11.9. The molecule has 0 saturated carbocycles. The standard InChI is InChI=1S/C17H23N3O3S2/c1-3-13-4-6-14(7-5-13)10-19(2)12-20-17(24)23-16(18-20)15-8-9-25(21,22)11-15/h4-7,15H,3,8-12H2,1-2H3/t15-/m0/s1. The van der Waals surface area contributed by atoms with Gasteiger partial charge in [0.15, 0.2) is 9.84 Å². The van der Waals surface area contributed by atoms with Crippen molar-refractivity contribution >= 4 is 22.1 Å². The smallest absolute Gasteiger partial charge is 0.288 e. The van der Waals surface area contributed by atoms with E-state index in [1.165, 1.54) is 11.1 Å². The molecule has 0 amide bonds. The van der Waals surface area contributed by atoms with Crippen molar-refractivity contribution in [3.63, 3.8) is 0 Å². The lowest BCUT2D eigenvalue weighted by molar-refractivity contribution is 0.240. The fourth-order valence-corrected chi connectivity index (χ4v) is 4.95.